The van der Waals surface area contributed by atoms with Crippen LogP contribution in [0.5, 0.6) is 11.5 Å². The molecule has 3 heteroatoms. The number of benzene rings is 3. The number of para-hydroxylation sites is 2. The molecular formula is C19H17BO2. The predicted octanol–water partition coefficient (Wildman–Crippen LogP) is 2.90. The van der Waals surface area contributed by atoms with Crippen LogP contribution in [0.3, 0.4) is 0 Å². The van der Waals surface area contributed by atoms with Gasteiger partial charge in [0.1, 0.15) is 26.0 Å². The summed E-state index contributed by atoms with van der Waals surface area (Å²) in [6, 6.07) is 23.4. The maximum absolute atomic E-state index is 10.0. The van der Waals surface area contributed by atoms with E-state index in [0.29, 0.717) is 6.61 Å². The first-order chi connectivity index (χ1) is 10.7. The van der Waals surface area contributed by atoms with Gasteiger partial charge >= 0.3 is 0 Å². The fraction of sp³-hybridized carbons (Fsp3) is 0.0526. The van der Waals surface area contributed by atoms with Crippen molar-refractivity contribution >= 4 is 13.3 Å². The second kappa shape index (κ2) is 6.40. The van der Waals surface area contributed by atoms with E-state index in [2.05, 4.69) is 32.1 Å². The van der Waals surface area contributed by atoms with Gasteiger partial charge in [-0.2, -0.15) is 0 Å². The number of ether oxygens (including phenoxy) is 1. The van der Waals surface area contributed by atoms with Crippen LogP contribution in [0.1, 0.15) is 5.56 Å². The first-order valence-electron chi connectivity index (χ1n) is 7.30. The van der Waals surface area contributed by atoms with Crippen molar-refractivity contribution in [2.24, 2.45) is 0 Å². The summed E-state index contributed by atoms with van der Waals surface area (Å²) in [4.78, 5) is 0. The van der Waals surface area contributed by atoms with Gasteiger partial charge in [-0.05, 0) is 17.7 Å². The van der Waals surface area contributed by atoms with Crippen LogP contribution in [-0.4, -0.2) is 13.0 Å². The third-order valence-electron chi connectivity index (χ3n) is 3.60. The molecule has 22 heavy (non-hydrogen) atoms. The molecule has 3 aromatic carbocycles. The molecule has 0 aromatic heterocycles. The van der Waals surface area contributed by atoms with Crippen molar-refractivity contribution in [1.82, 2.24) is 0 Å². The molecule has 0 fully saturated rings. The largest absolute Gasteiger partial charge is 0.507 e. The molecule has 0 aliphatic heterocycles. The minimum Gasteiger partial charge on any atom is -0.507 e. The normalized spacial score (nSPS) is 10.4. The lowest BCUT2D eigenvalue weighted by atomic mass is 9.95. The van der Waals surface area contributed by atoms with Crippen molar-refractivity contribution in [2.45, 2.75) is 6.61 Å². The lowest BCUT2D eigenvalue weighted by Crippen LogP contribution is -2.03. The molecule has 0 spiro atoms. The second-order valence-electron chi connectivity index (χ2n) is 5.29. The van der Waals surface area contributed by atoms with Gasteiger partial charge in [0.15, 0.2) is 0 Å². The van der Waals surface area contributed by atoms with E-state index in [-0.39, 0.29) is 5.75 Å². The van der Waals surface area contributed by atoms with E-state index in [9.17, 15) is 5.11 Å². The van der Waals surface area contributed by atoms with Crippen LogP contribution in [-0.2, 0) is 6.61 Å². The number of phenolic OH excluding ortho intramolecular Hbond substituents is 1. The lowest BCUT2D eigenvalue weighted by molar-refractivity contribution is 0.307. The van der Waals surface area contributed by atoms with Crippen LogP contribution in [0.15, 0.2) is 72.8 Å². The topological polar surface area (TPSA) is 29.5 Å². The first kappa shape index (κ1) is 14.3. The van der Waals surface area contributed by atoms with Crippen LogP contribution in [0.4, 0.5) is 0 Å². The van der Waals surface area contributed by atoms with E-state index < -0.39 is 0 Å². The van der Waals surface area contributed by atoms with Crippen molar-refractivity contribution in [1.29, 1.82) is 0 Å². The number of phenols is 1. The van der Waals surface area contributed by atoms with Gasteiger partial charge in [-0.1, -0.05) is 66.1 Å². The highest BCUT2D eigenvalue weighted by molar-refractivity contribution is 6.32. The van der Waals surface area contributed by atoms with Gasteiger partial charge in [0, 0.05) is 11.1 Å². The fourth-order valence-electron chi connectivity index (χ4n) is 2.36. The highest BCUT2D eigenvalue weighted by atomic mass is 16.5. The van der Waals surface area contributed by atoms with E-state index in [1.54, 1.807) is 6.07 Å². The summed E-state index contributed by atoms with van der Waals surface area (Å²) in [6.07, 6.45) is 0. The first-order valence-corrected chi connectivity index (χ1v) is 7.30. The zero-order valence-corrected chi connectivity index (χ0v) is 12.5. The minimum absolute atomic E-state index is 0.258. The van der Waals surface area contributed by atoms with Gasteiger partial charge in [-0.25, -0.2) is 0 Å². The maximum atomic E-state index is 10.0. The molecule has 0 bridgehead atoms. The number of hydrogen-bond acceptors (Lipinski definition) is 2. The van der Waals surface area contributed by atoms with E-state index in [0.717, 1.165) is 22.4 Å². The quantitative estimate of drug-likeness (QED) is 0.748. The van der Waals surface area contributed by atoms with Crippen LogP contribution in [0.25, 0.3) is 11.1 Å². The standard InChI is InChI=1S/C19H17BO2/c20-15-11-9-14(10-12-15)13-22-19-8-4-2-6-17(19)16-5-1-3-7-18(16)21/h1-12,21H,13,20H2. The summed E-state index contributed by atoms with van der Waals surface area (Å²) in [5.41, 5.74) is 4.03. The number of rotatable bonds is 4. The Bertz CT molecular complexity index is 766. The van der Waals surface area contributed by atoms with E-state index in [1.165, 1.54) is 5.46 Å². The molecule has 0 saturated heterocycles. The molecule has 3 rings (SSSR count). The fourth-order valence-corrected chi connectivity index (χ4v) is 2.36. The summed E-state index contributed by atoms with van der Waals surface area (Å²) < 4.78 is 5.96. The highest BCUT2D eigenvalue weighted by Crippen LogP contribution is 2.35. The van der Waals surface area contributed by atoms with Crippen LogP contribution in [0.2, 0.25) is 0 Å². The van der Waals surface area contributed by atoms with Crippen molar-refractivity contribution in [3.8, 4) is 22.6 Å². The average Bonchev–Trinajstić information content (AvgIpc) is 2.55. The Morgan fingerprint density at radius 1 is 0.773 bits per heavy atom. The molecule has 0 amide bonds. The van der Waals surface area contributed by atoms with E-state index in [1.807, 2.05) is 42.5 Å². The van der Waals surface area contributed by atoms with Crippen LogP contribution >= 0.6 is 0 Å². The third-order valence-corrected chi connectivity index (χ3v) is 3.60. The Balaban J connectivity index is 1.86. The van der Waals surface area contributed by atoms with Crippen molar-refractivity contribution < 1.29 is 9.84 Å². The van der Waals surface area contributed by atoms with Gasteiger partial charge in [0.05, 0.1) is 0 Å². The summed E-state index contributed by atoms with van der Waals surface area (Å²) in [6.45, 7) is 0.505. The molecule has 2 nitrogen and oxygen atoms in total. The van der Waals surface area contributed by atoms with Crippen molar-refractivity contribution in [3.63, 3.8) is 0 Å². The Labute approximate surface area is 131 Å². The summed E-state index contributed by atoms with van der Waals surface area (Å²) in [7, 11) is 2.07. The van der Waals surface area contributed by atoms with E-state index >= 15 is 0 Å². The molecule has 1 N–H and O–H groups in total. The Hall–Kier alpha value is -2.68. The monoisotopic (exact) mass is 288 g/mol. The average molecular weight is 288 g/mol. The molecule has 0 aliphatic rings. The van der Waals surface area contributed by atoms with Gasteiger partial charge in [-0.15, -0.1) is 0 Å². The summed E-state index contributed by atoms with van der Waals surface area (Å²) >= 11 is 0. The number of aromatic hydroxyl groups is 1. The van der Waals surface area contributed by atoms with Gasteiger partial charge in [-0.3, -0.25) is 0 Å². The smallest absolute Gasteiger partial charge is 0.139 e. The molecule has 3 aromatic rings. The van der Waals surface area contributed by atoms with Crippen LogP contribution in [0, 0.1) is 0 Å². The van der Waals surface area contributed by atoms with E-state index in [4.69, 9.17) is 4.74 Å². The molecule has 0 heterocycles. The van der Waals surface area contributed by atoms with Gasteiger partial charge in [0.2, 0.25) is 0 Å². The molecule has 0 radical (unpaired) electrons. The molecule has 0 atom stereocenters. The number of hydrogen-bond donors (Lipinski definition) is 1. The third kappa shape index (κ3) is 3.14. The Kier molecular flexibility index (Phi) is 4.15. The SMILES string of the molecule is Bc1ccc(COc2ccccc2-c2ccccc2O)cc1. The zero-order chi connectivity index (χ0) is 15.4. The Morgan fingerprint density at radius 3 is 2.14 bits per heavy atom. The molecule has 0 aliphatic carbocycles. The van der Waals surface area contributed by atoms with Crippen molar-refractivity contribution in [3.05, 3.63) is 78.4 Å². The minimum atomic E-state index is 0.258. The zero-order valence-electron chi connectivity index (χ0n) is 12.5. The van der Waals surface area contributed by atoms with Gasteiger partial charge in [0.25, 0.3) is 0 Å². The van der Waals surface area contributed by atoms with Crippen molar-refractivity contribution in [2.75, 3.05) is 0 Å². The lowest BCUT2D eigenvalue weighted by Gasteiger charge is -2.13. The second-order valence-corrected chi connectivity index (χ2v) is 5.29. The summed E-state index contributed by atoms with van der Waals surface area (Å²) in [5.74, 6) is 1.03. The molecule has 0 unspecified atom stereocenters. The Morgan fingerprint density at radius 2 is 1.41 bits per heavy atom. The van der Waals surface area contributed by atoms with Gasteiger partial charge < -0.3 is 9.84 Å². The molecule has 108 valence electrons. The molecular weight excluding hydrogens is 271 g/mol. The molecule has 0 saturated carbocycles. The predicted molar refractivity (Wildman–Crippen MR) is 92.5 cm³/mol. The van der Waals surface area contributed by atoms with Crippen LogP contribution < -0.4 is 10.2 Å². The highest BCUT2D eigenvalue weighted by Gasteiger charge is 2.09. The maximum Gasteiger partial charge on any atom is 0.139 e. The summed E-state index contributed by atoms with van der Waals surface area (Å²) in [5, 5.41) is 10.0.